The van der Waals surface area contributed by atoms with E-state index >= 15 is 0 Å². The minimum atomic E-state index is -4.91. The molecule has 0 bridgehead atoms. The third-order valence-corrected chi connectivity index (χ3v) is 3.26. The fourth-order valence-electron chi connectivity index (χ4n) is 2.19. The molecule has 0 radical (unpaired) electrons. The standard InChI is InChI=1S/C12H20F3N3O3/c1-11(2,3)18(10(20)21)6-8-4-7(5-16-8)17-9(19)12(13,14)15/h7-8,16H,4-6H2,1-3H3,(H,17,19)(H,20,21). The van der Waals surface area contributed by atoms with E-state index in [0.717, 1.165) is 0 Å². The molecule has 122 valence electrons. The number of carbonyl (C=O) groups excluding carboxylic acids is 1. The molecule has 0 saturated carbocycles. The molecule has 1 aliphatic rings. The Morgan fingerprint density at radius 2 is 1.90 bits per heavy atom. The number of nitrogens with zero attached hydrogens (tertiary/aromatic N) is 1. The van der Waals surface area contributed by atoms with Crippen LogP contribution in [0.1, 0.15) is 27.2 Å². The first-order valence-corrected chi connectivity index (χ1v) is 6.53. The highest BCUT2D eigenvalue weighted by Gasteiger charge is 2.41. The van der Waals surface area contributed by atoms with Crippen LogP contribution in [0.15, 0.2) is 0 Å². The number of halogens is 3. The first-order valence-electron chi connectivity index (χ1n) is 6.53. The summed E-state index contributed by atoms with van der Waals surface area (Å²) in [6, 6.07) is -0.946. The normalized spacial score (nSPS) is 23.0. The number of amides is 2. The smallest absolute Gasteiger partial charge is 0.465 e. The number of hydrogen-bond acceptors (Lipinski definition) is 3. The van der Waals surface area contributed by atoms with Gasteiger partial charge in [0.25, 0.3) is 0 Å². The quantitative estimate of drug-likeness (QED) is 0.731. The zero-order valence-electron chi connectivity index (χ0n) is 12.1. The molecule has 0 aliphatic carbocycles. The van der Waals surface area contributed by atoms with Crippen molar-refractivity contribution in [3.05, 3.63) is 0 Å². The van der Waals surface area contributed by atoms with Crippen molar-refractivity contribution in [1.29, 1.82) is 0 Å². The van der Waals surface area contributed by atoms with E-state index in [9.17, 15) is 22.8 Å². The minimum Gasteiger partial charge on any atom is -0.465 e. The van der Waals surface area contributed by atoms with Crippen LogP contribution in [0.4, 0.5) is 18.0 Å². The minimum absolute atomic E-state index is 0.150. The van der Waals surface area contributed by atoms with E-state index in [1.807, 2.05) is 5.32 Å². The van der Waals surface area contributed by atoms with Gasteiger partial charge < -0.3 is 20.6 Å². The van der Waals surface area contributed by atoms with Crippen LogP contribution in [0.5, 0.6) is 0 Å². The maximum Gasteiger partial charge on any atom is 0.471 e. The number of nitrogens with one attached hydrogen (secondary N) is 2. The molecule has 1 saturated heterocycles. The largest absolute Gasteiger partial charge is 0.471 e. The lowest BCUT2D eigenvalue weighted by Gasteiger charge is -2.35. The maximum atomic E-state index is 12.2. The van der Waals surface area contributed by atoms with Crippen LogP contribution in [-0.4, -0.2) is 58.9 Å². The van der Waals surface area contributed by atoms with E-state index in [0.29, 0.717) is 0 Å². The second-order valence-electron chi connectivity index (χ2n) is 6.07. The molecule has 1 heterocycles. The highest BCUT2D eigenvalue weighted by Crippen LogP contribution is 2.19. The van der Waals surface area contributed by atoms with Crippen molar-refractivity contribution in [2.24, 2.45) is 0 Å². The molecule has 21 heavy (non-hydrogen) atoms. The van der Waals surface area contributed by atoms with E-state index in [1.165, 1.54) is 4.90 Å². The molecule has 9 heteroatoms. The van der Waals surface area contributed by atoms with Crippen LogP contribution in [0.25, 0.3) is 0 Å². The van der Waals surface area contributed by atoms with Crippen molar-refractivity contribution in [2.75, 3.05) is 13.1 Å². The predicted octanol–water partition coefficient (Wildman–Crippen LogP) is 1.17. The van der Waals surface area contributed by atoms with Gasteiger partial charge in [-0.15, -0.1) is 0 Å². The number of carboxylic acid groups (broad SMARTS) is 1. The van der Waals surface area contributed by atoms with Gasteiger partial charge >= 0.3 is 18.2 Å². The lowest BCUT2D eigenvalue weighted by atomic mass is 10.0. The predicted molar refractivity (Wildman–Crippen MR) is 68.9 cm³/mol. The van der Waals surface area contributed by atoms with Gasteiger partial charge in [-0.05, 0) is 27.2 Å². The van der Waals surface area contributed by atoms with Gasteiger partial charge in [0.1, 0.15) is 0 Å². The molecule has 2 atom stereocenters. The molecule has 1 aliphatic heterocycles. The van der Waals surface area contributed by atoms with Gasteiger partial charge in [-0.2, -0.15) is 13.2 Å². The van der Waals surface area contributed by atoms with E-state index in [2.05, 4.69) is 5.32 Å². The van der Waals surface area contributed by atoms with Crippen LogP contribution in [0, 0.1) is 0 Å². The lowest BCUT2D eigenvalue weighted by molar-refractivity contribution is -0.174. The Hall–Kier alpha value is -1.51. The first-order chi connectivity index (χ1) is 9.41. The average molecular weight is 311 g/mol. The topological polar surface area (TPSA) is 81.7 Å². The van der Waals surface area contributed by atoms with Gasteiger partial charge in [0, 0.05) is 30.7 Å². The molecule has 3 N–H and O–H groups in total. The fourth-order valence-corrected chi connectivity index (χ4v) is 2.19. The molecule has 6 nitrogen and oxygen atoms in total. The number of rotatable bonds is 3. The summed E-state index contributed by atoms with van der Waals surface area (Å²) in [5, 5.41) is 14.0. The fraction of sp³-hybridized carbons (Fsp3) is 0.833. The molecule has 1 fully saturated rings. The van der Waals surface area contributed by atoms with Gasteiger partial charge in [-0.25, -0.2) is 4.79 Å². The second kappa shape index (κ2) is 6.08. The molecule has 2 unspecified atom stereocenters. The van der Waals surface area contributed by atoms with E-state index in [-0.39, 0.29) is 25.6 Å². The molecule has 2 amide bonds. The molecule has 0 aromatic heterocycles. The Morgan fingerprint density at radius 1 is 1.33 bits per heavy atom. The van der Waals surface area contributed by atoms with Crippen molar-refractivity contribution >= 4 is 12.0 Å². The van der Waals surface area contributed by atoms with Gasteiger partial charge in [-0.1, -0.05) is 0 Å². The number of carbonyl (C=O) groups is 2. The molecule has 1 rings (SSSR count). The van der Waals surface area contributed by atoms with Gasteiger partial charge in [-0.3, -0.25) is 4.79 Å². The van der Waals surface area contributed by atoms with E-state index < -0.39 is 29.8 Å². The third-order valence-electron chi connectivity index (χ3n) is 3.26. The monoisotopic (exact) mass is 311 g/mol. The summed E-state index contributed by atoms with van der Waals surface area (Å²) in [5.41, 5.74) is -0.610. The molecule has 0 aromatic rings. The summed E-state index contributed by atoms with van der Waals surface area (Å²) in [5.74, 6) is -1.97. The summed E-state index contributed by atoms with van der Waals surface area (Å²) in [4.78, 5) is 23.3. The SMILES string of the molecule is CC(C)(C)N(CC1CC(NC(=O)C(F)(F)F)CN1)C(=O)O. The van der Waals surface area contributed by atoms with Crippen LogP contribution < -0.4 is 10.6 Å². The molecular formula is C12H20F3N3O3. The molecule has 0 spiro atoms. The zero-order valence-corrected chi connectivity index (χ0v) is 12.1. The Kier molecular flexibility index (Phi) is 5.08. The Bertz CT molecular complexity index is 407. The Morgan fingerprint density at radius 3 is 2.33 bits per heavy atom. The summed E-state index contributed by atoms with van der Waals surface area (Å²) in [6.45, 7) is 5.54. The van der Waals surface area contributed by atoms with Gasteiger partial charge in [0.15, 0.2) is 0 Å². The average Bonchev–Trinajstić information content (AvgIpc) is 2.70. The highest BCUT2D eigenvalue weighted by molar-refractivity contribution is 5.82. The maximum absolute atomic E-state index is 12.2. The second-order valence-corrected chi connectivity index (χ2v) is 6.07. The Balaban J connectivity index is 2.55. The Labute approximate surface area is 120 Å². The highest BCUT2D eigenvalue weighted by atomic mass is 19.4. The van der Waals surface area contributed by atoms with Gasteiger partial charge in [0.2, 0.25) is 0 Å². The van der Waals surface area contributed by atoms with Crippen molar-refractivity contribution in [3.63, 3.8) is 0 Å². The van der Waals surface area contributed by atoms with Crippen molar-refractivity contribution in [1.82, 2.24) is 15.5 Å². The summed E-state index contributed by atoms with van der Waals surface area (Å²) in [6.07, 6.45) is -5.75. The summed E-state index contributed by atoms with van der Waals surface area (Å²) in [7, 11) is 0. The summed E-state index contributed by atoms with van der Waals surface area (Å²) >= 11 is 0. The van der Waals surface area contributed by atoms with Crippen LogP contribution in [-0.2, 0) is 4.79 Å². The van der Waals surface area contributed by atoms with Crippen molar-refractivity contribution in [2.45, 2.75) is 51.0 Å². The third kappa shape index (κ3) is 5.07. The van der Waals surface area contributed by atoms with Crippen LogP contribution in [0.3, 0.4) is 0 Å². The lowest BCUT2D eigenvalue weighted by Crippen LogP contribution is -2.50. The van der Waals surface area contributed by atoms with Crippen molar-refractivity contribution < 1.29 is 27.9 Å². The van der Waals surface area contributed by atoms with Crippen LogP contribution >= 0.6 is 0 Å². The van der Waals surface area contributed by atoms with E-state index in [4.69, 9.17) is 5.11 Å². The van der Waals surface area contributed by atoms with E-state index in [1.54, 1.807) is 20.8 Å². The molecular weight excluding hydrogens is 291 g/mol. The zero-order chi connectivity index (χ0) is 16.4. The van der Waals surface area contributed by atoms with Gasteiger partial charge in [0.05, 0.1) is 0 Å². The number of hydrogen-bond donors (Lipinski definition) is 3. The van der Waals surface area contributed by atoms with Crippen LogP contribution in [0.2, 0.25) is 0 Å². The summed E-state index contributed by atoms with van der Waals surface area (Å²) < 4.78 is 36.5. The number of alkyl halides is 3. The first kappa shape index (κ1) is 17.5. The van der Waals surface area contributed by atoms with Crippen molar-refractivity contribution in [3.8, 4) is 0 Å². The molecule has 0 aromatic carbocycles.